The van der Waals surface area contributed by atoms with Gasteiger partial charge < -0.3 is 5.32 Å². The SMILES string of the molecule is CC(C)C1CCCCC1NC(=O)c1ccc(Br)cc1. The van der Waals surface area contributed by atoms with Gasteiger partial charge in [-0.3, -0.25) is 4.79 Å². The maximum Gasteiger partial charge on any atom is 0.251 e. The summed E-state index contributed by atoms with van der Waals surface area (Å²) in [7, 11) is 0. The summed E-state index contributed by atoms with van der Waals surface area (Å²) in [4.78, 5) is 12.3. The van der Waals surface area contributed by atoms with Gasteiger partial charge in [0.25, 0.3) is 5.91 Å². The van der Waals surface area contributed by atoms with E-state index in [4.69, 9.17) is 0 Å². The van der Waals surface area contributed by atoms with Crippen molar-refractivity contribution >= 4 is 21.8 Å². The van der Waals surface area contributed by atoms with Crippen molar-refractivity contribution in [3.05, 3.63) is 34.3 Å². The van der Waals surface area contributed by atoms with Crippen LogP contribution in [0.1, 0.15) is 49.9 Å². The van der Waals surface area contributed by atoms with Crippen molar-refractivity contribution in [2.75, 3.05) is 0 Å². The first-order valence-corrected chi connectivity index (χ1v) is 7.93. The van der Waals surface area contributed by atoms with Gasteiger partial charge in [-0.1, -0.05) is 42.6 Å². The quantitative estimate of drug-likeness (QED) is 0.877. The molecular formula is C16H22BrNO. The van der Waals surface area contributed by atoms with Crippen LogP contribution in [0.15, 0.2) is 28.7 Å². The molecule has 0 bridgehead atoms. The van der Waals surface area contributed by atoms with E-state index in [-0.39, 0.29) is 5.91 Å². The maximum absolute atomic E-state index is 12.3. The minimum atomic E-state index is 0.0602. The first-order valence-electron chi connectivity index (χ1n) is 7.14. The highest BCUT2D eigenvalue weighted by Gasteiger charge is 2.28. The summed E-state index contributed by atoms with van der Waals surface area (Å²) < 4.78 is 1.00. The molecule has 1 aliphatic rings. The molecule has 2 atom stereocenters. The molecule has 1 aromatic rings. The molecule has 1 aliphatic carbocycles. The van der Waals surface area contributed by atoms with Crippen LogP contribution >= 0.6 is 15.9 Å². The van der Waals surface area contributed by atoms with E-state index in [1.165, 1.54) is 19.3 Å². The van der Waals surface area contributed by atoms with Crippen molar-refractivity contribution in [3.63, 3.8) is 0 Å². The van der Waals surface area contributed by atoms with Crippen LogP contribution in [0.4, 0.5) is 0 Å². The van der Waals surface area contributed by atoms with E-state index in [0.717, 1.165) is 16.5 Å². The van der Waals surface area contributed by atoms with E-state index in [0.29, 0.717) is 17.9 Å². The van der Waals surface area contributed by atoms with Crippen LogP contribution < -0.4 is 5.32 Å². The lowest BCUT2D eigenvalue weighted by atomic mass is 9.78. The van der Waals surface area contributed by atoms with E-state index in [1.54, 1.807) is 0 Å². The Kier molecular flexibility index (Phi) is 5.03. The second kappa shape index (κ2) is 6.56. The molecule has 3 heteroatoms. The summed E-state index contributed by atoms with van der Waals surface area (Å²) in [5.74, 6) is 1.31. The molecular weight excluding hydrogens is 302 g/mol. The number of rotatable bonds is 3. The number of hydrogen-bond acceptors (Lipinski definition) is 1. The lowest BCUT2D eigenvalue weighted by molar-refractivity contribution is 0.0889. The third kappa shape index (κ3) is 3.82. The summed E-state index contributed by atoms with van der Waals surface area (Å²) in [5.41, 5.74) is 0.747. The fraction of sp³-hybridized carbons (Fsp3) is 0.562. The molecule has 0 aliphatic heterocycles. The topological polar surface area (TPSA) is 29.1 Å². The molecule has 0 radical (unpaired) electrons. The summed E-state index contributed by atoms with van der Waals surface area (Å²) in [6.45, 7) is 4.52. The lowest BCUT2D eigenvalue weighted by Gasteiger charge is -2.34. The first-order chi connectivity index (χ1) is 9.08. The zero-order chi connectivity index (χ0) is 13.8. The van der Waals surface area contributed by atoms with Crippen LogP contribution in [-0.2, 0) is 0 Å². The summed E-state index contributed by atoms with van der Waals surface area (Å²) in [5, 5.41) is 3.23. The zero-order valence-electron chi connectivity index (χ0n) is 11.7. The highest BCUT2D eigenvalue weighted by atomic mass is 79.9. The molecule has 1 saturated carbocycles. The van der Waals surface area contributed by atoms with E-state index in [9.17, 15) is 4.79 Å². The second-order valence-electron chi connectivity index (χ2n) is 5.78. The Bertz CT molecular complexity index is 427. The Morgan fingerprint density at radius 1 is 1.21 bits per heavy atom. The van der Waals surface area contributed by atoms with Crippen molar-refractivity contribution in [3.8, 4) is 0 Å². The van der Waals surface area contributed by atoms with Crippen molar-refractivity contribution in [2.24, 2.45) is 11.8 Å². The smallest absolute Gasteiger partial charge is 0.251 e. The predicted molar refractivity (Wildman–Crippen MR) is 82.2 cm³/mol. The molecule has 2 unspecified atom stereocenters. The molecule has 1 aromatic carbocycles. The molecule has 1 fully saturated rings. The number of carbonyl (C=O) groups is 1. The predicted octanol–water partition coefficient (Wildman–Crippen LogP) is 4.39. The van der Waals surface area contributed by atoms with E-state index < -0.39 is 0 Å². The third-order valence-corrected chi connectivity index (χ3v) is 4.63. The van der Waals surface area contributed by atoms with Crippen molar-refractivity contribution in [1.29, 1.82) is 0 Å². The largest absolute Gasteiger partial charge is 0.349 e. The highest BCUT2D eigenvalue weighted by molar-refractivity contribution is 9.10. The zero-order valence-corrected chi connectivity index (χ0v) is 13.2. The van der Waals surface area contributed by atoms with Gasteiger partial charge in [-0.15, -0.1) is 0 Å². The van der Waals surface area contributed by atoms with E-state index in [2.05, 4.69) is 35.1 Å². The number of halogens is 1. The molecule has 19 heavy (non-hydrogen) atoms. The van der Waals surface area contributed by atoms with Crippen molar-refractivity contribution < 1.29 is 4.79 Å². The van der Waals surface area contributed by atoms with Crippen LogP contribution in [0.25, 0.3) is 0 Å². The van der Waals surface area contributed by atoms with Gasteiger partial charge in [-0.25, -0.2) is 0 Å². The van der Waals surface area contributed by atoms with Gasteiger partial charge in [0.05, 0.1) is 0 Å². The lowest BCUT2D eigenvalue weighted by Crippen LogP contribution is -2.43. The minimum Gasteiger partial charge on any atom is -0.349 e. The first kappa shape index (κ1) is 14.6. The molecule has 2 rings (SSSR count). The summed E-state index contributed by atoms with van der Waals surface area (Å²) in [6, 6.07) is 7.90. The molecule has 2 nitrogen and oxygen atoms in total. The molecule has 1 N–H and O–H groups in total. The van der Waals surface area contributed by atoms with Gasteiger partial charge in [0.15, 0.2) is 0 Å². The molecule has 0 saturated heterocycles. The third-order valence-electron chi connectivity index (χ3n) is 4.10. The minimum absolute atomic E-state index is 0.0602. The van der Waals surface area contributed by atoms with Crippen LogP contribution in [0.2, 0.25) is 0 Å². The second-order valence-corrected chi connectivity index (χ2v) is 6.69. The van der Waals surface area contributed by atoms with E-state index >= 15 is 0 Å². The maximum atomic E-state index is 12.3. The van der Waals surface area contributed by atoms with Gasteiger partial charge >= 0.3 is 0 Å². The average molecular weight is 324 g/mol. The normalized spacial score (nSPS) is 23.4. The Hall–Kier alpha value is -0.830. The number of amides is 1. The van der Waals surface area contributed by atoms with E-state index in [1.807, 2.05) is 24.3 Å². The Balaban J connectivity index is 2.02. The fourth-order valence-corrected chi connectivity index (χ4v) is 3.25. The molecule has 104 valence electrons. The Labute approximate surface area is 124 Å². The fourth-order valence-electron chi connectivity index (χ4n) is 2.99. The van der Waals surface area contributed by atoms with Gasteiger partial charge in [0.2, 0.25) is 0 Å². The van der Waals surface area contributed by atoms with Crippen LogP contribution in [0.3, 0.4) is 0 Å². The van der Waals surface area contributed by atoms with Gasteiger partial charge in [0, 0.05) is 16.1 Å². The number of nitrogens with one attached hydrogen (secondary N) is 1. The average Bonchev–Trinajstić information content (AvgIpc) is 2.39. The number of benzene rings is 1. The van der Waals surface area contributed by atoms with Crippen LogP contribution in [0.5, 0.6) is 0 Å². The summed E-state index contributed by atoms with van der Waals surface area (Å²) in [6.07, 6.45) is 4.88. The summed E-state index contributed by atoms with van der Waals surface area (Å²) >= 11 is 3.39. The van der Waals surface area contributed by atoms with Crippen LogP contribution in [0, 0.1) is 11.8 Å². The standard InChI is InChI=1S/C16H22BrNO/c1-11(2)14-5-3-4-6-15(14)18-16(19)12-7-9-13(17)10-8-12/h7-11,14-15H,3-6H2,1-2H3,(H,18,19). The number of carbonyl (C=O) groups excluding carboxylic acids is 1. The van der Waals surface area contributed by atoms with Gasteiger partial charge in [0.1, 0.15) is 0 Å². The van der Waals surface area contributed by atoms with Crippen LogP contribution in [-0.4, -0.2) is 11.9 Å². The molecule has 0 heterocycles. The molecule has 1 amide bonds. The van der Waals surface area contributed by atoms with Crippen molar-refractivity contribution in [1.82, 2.24) is 5.32 Å². The monoisotopic (exact) mass is 323 g/mol. The number of hydrogen-bond donors (Lipinski definition) is 1. The van der Waals surface area contributed by atoms with Gasteiger partial charge in [-0.05, 0) is 48.9 Å². The van der Waals surface area contributed by atoms with Crippen molar-refractivity contribution in [2.45, 2.75) is 45.6 Å². The Morgan fingerprint density at radius 3 is 2.47 bits per heavy atom. The highest BCUT2D eigenvalue weighted by Crippen LogP contribution is 2.30. The van der Waals surface area contributed by atoms with Gasteiger partial charge in [-0.2, -0.15) is 0 Å². The molecule has 0 spiro atoms. The molecule has 0 aromatic heterocycles. The Morgan fingerprint density at radius 2 is 1.84 bits per heavy atom.